The van der Waals surface area contributed by atoms with Crippen molar-refractivity contribution in [2.24, 2.45) is 11.7 Å². The molecule has 1 aliphatic rings. The molecule has 2 heterocycles. The summed E-state index contributed by atoms with van der Waals surface area (Å²) in [6.07, 6.45) is 3.68. The van der Waals surface area contributed by atoms with Crippen molar-refractivity contribution in [3.8, 4) is 0 Å². The van der Waals surface area contributed by atoms with Crippen LogP contribution in [-0.2, 0) is 0 Å². The minimum absolute atomic E-state index is 0.0613. The van der Waals surface area contributed by atoms with Crippen LogP contribution in [0.15, 0.2) is 12.4 Å². The number of hydrogen-bond acceptors (Lipinski definition) is 4. The fourth-order valence-corrected chi connectivity index (χ4v) is 1.72. The summed E-state index contributed by atoms with van der Waals surface area (Å²) in [4.78, 5) is 10.7. The number of aromatic nitrogens is 2. The second-order valence-corrected chi connectivity index (χ2v) is 4.80. The summed E-state index contributed by atoms with van der Waals surface area (Å²) in [5.74, 6) is 1.29. The number of rotatable bonds is 2. The van der Waals surface area contributed by atoms with Crippen LogP contribution >= 0.6 is 0 Å². The summed E-state index contributed by atoms with van der Waals surface area (Å²) in [6, 6.07) is 0. The third-order valence-electron chi connectivity index (χ3n) is 3.17. The molecule has 0 aromatic carbocycles. The molecule has 0 aliphatic carbocycles. The van der Waals surface area contributed by atoms with Gasteiger partial charge >= 0.3 is 0 Å². The van der Waals surface area contributed by atoms with Gasteiger partial charge in [-0.05, 0) is 18.4 Å². The van der Waals surface area contributed by atoms with Gasteiger partial charge < -0.3 is 10.6 Å². The molecule has 0 saturated carbocycles. The topological polar surface area (TPSA) is 55.0 Å². The second kappa shape index (κ2) is 3.45. The molecule has 0 atom stereocenters. The smallest absolute Gasteiger partial charge is 0.225 e. The number of nitrogens with two attached hydrogens (primary N) is 1. The maximum Gasteiger partial charge on any atom is 0.225 e. The first-order valence-corrected chi connectivity index (χ1v) is 5.34. The molecule has 82 valence electrons. The molecule has 15 heavy (non-hydrogen) atoms. The lowest BCUT2D eigenvalue weighted by atomic mass is 9.80. The third-order valence-corrected chi connectivity index (χ3v) is 3.17. The SMILES string of the molecule is Cc1cnc(N2CC(N)(C(C)C)C2)nc1. The molecule has 0 bridgehead atoms. The van der Waals surface area contributed by atoms with Gasteiger partial charge in [-0.25, -0.2) is 9.97 Å². The molecule has 0 amide bonds. The van der Waals surface area contributed by atoms with Gasteiger partial charge in [-0.1, -0.05) is 13.8 Å². The third kappa shape index (κ3) is 1.81. The molecule has 1 saturated heterocycles. The van der Waals surface area contributed by atoms with Crippen molar-refractivity contribution in [2.75, 3.05) is 18.0 Å². The summed E-state index contributed by atoms with van der Waals surface area (Å²) in [6.45, 7) is 8.02. The van der Waals surface area contributed by atoms with Gasteiger partial charge in [0.1, 0.15) is 0 Å². The Balaban J connectivity index is 2.03. The van der Waals surface area contributed by atoms with Crippen LogP contribution in [0.4, 0.5) is 5.95 Å². The zero-order valence-electron chi connectivity index (χ0n) is 9.57. The Bertz CT molecular complexity index is 338. The molecule has 4 nitrogen and oxygen atoms in total. The molecule has 1 aromatic rings. The highest BCUT2D eigenvalue weighted by molar-refractivity contribution is 5.38. The fraction of sp³-hybridized carbons (Fsp3) is 0.636. The van der Waals surface area contributed by atoms with Crippen LogP contribution in [0.1, 0.15) is 19.4 Å². The van der Waals surface area contributed by atoms with Crippen LogP contribution in [0, 0.1) is 12.8 Å². The highest BCUT2D eigenvalue weighted by atomic mass is 15.3. The van der Waals surface area contributed by atoms with E-state index in [1.165, 1.54) is 0 Å². The van der Waals surface area contributed by atoms with Crippen molar-refractivity contribution in [3.05, 3.63) is 18.0 Å². The molecule has 0 unspecified atom stereocenters. The number of anilines is 1. The van der Waals surface area contributed by atoms with Gasteiger partial charge in [0.05, 0.1) is 5.54 Å². The molecular formula is C11H18N4. The normalized spacial score (nSPS) is 19.1. The average Bonchev–Trinajstić information content (AvgIpc) is 2.14. The van der Waals surface area contributed by atoms with Gasteiger partial charge in [0.15, 0.2) is 0 Å². The van der Waals surface area contributed by atoms with E-state index in [9.17, 15) is 0 Å². The van der Waals surface area contributed by atoms with Crippen LogP contribution in [0.3, 0.4) is 0 Å². The van der Waals surface area contributed by atoms with Crippen molar-refractivity contribution >= 4 is 5.95 Å². The summed E-state index contributed by atoms with van der Waals surface area (Å²) in [5.41, 5.74) is 7.23. The summed E-state index contributed by atoms with van der Waals surface area (Å²) in [7, 11) is 0. The molecule has 0 spiro atoms. The van der Waals surface area contributed by atoms with E-state index in [2.05, 4.69) is 28.7 Å². The molecule has 1 fully saturated rings. The Morgan fingerprint density at radius 1 is 1.33 bits per heavy atom. The predicted octanol–water partition coefficient (Wildman–Crippen LogP) is 0.959. The number of aryl methyl sites for hydroxylation is 1. The van der Waals surface area contributed by atoms with E-state index in [0.717, 1.165) is 24.6 Å². The van der Waals surface area contributed by atoms with Crippen LogP contribution < -0.4 is 10.6 Å². The second-order valence-electron chi connectivity index (χ2n) is 4.80. The Morgan fingerprint density at radius 2 is 1.87 bits per heavy atom. The van der Waals surface area contributed by atoms with Gasteiger partial charge in [0, 0.05) is 25.5 Å². The molecular weight excluding hydrogens is 188 g/mol. The highest BCUT2D eigenvalue weighted by Gasteiger charge is 2.42. The van der Waals surface area contributed by atoms with E-state index >= 15 is 0 Å². The van der Waals surface area contributed by atoms with E-state index in [-0.39, 0.29) is 5.54 Å². The monoisotopic (exact) mass is 206 g/mol. The number of hydrogen-bond donors (Lipinski definition) is 1. The highest BCUT2D eigenvalue weighted by Crippen LogP contribution is 2.28. The molecule has 4 heteroatoms. The minimum Gasteiger partial charge on any atom is -0.337 e. The van der Waals surface area contributed by atoms with Crippen molar-refractivity contribution in [2.45, 2.75) is 26.3 Å². The standard InChI is InChI=1S/C11H18N4/c1-8(2)11(12)6-15(7-11)10-13-4-9(3)5-14-10/h4-5,8H,6-7,12H2,1-3H3. The van der Waals surface area contributed by atoms with Crippen LogP contribution in [0.25, 0.3) is 0 Å². The Labute approximate surface area is 90.5 Å². The van der Waals surface area contributed by atoms with E-state index in [0.29, 0.717) is 5.92 Å². The molecule has 1 aromatic heterocycles. The van der Waals surface area contributed by atoms with Crippen molar-refractivity contribution < 1.29 is 0 Å². The first-order valence-electron chi connectivity index (χ1n) is 5.34. The van der Waals surface area contributed by atoms with Gasteiger partial charge in [0.2, 0.25) is 5.95 Å². The largest absolute Gasteiger partial charge is 0.337 e. The summed E-state index contributed by atoms with van der Waals surface area (Å²) >= 11 is 0. The van der Waals surface area contributed by atoms with Crippen molar-refractivity contribution in [1.29, 1.82) is 0 Å². The lowest BCUT2D eigenvalue weighted by Gasteiger charge is -2.50. The average molecular weight is 206 g/mol. The molecule has 2 N–H and O–H groups in total. The van der Waals surface area contributed by atoms with Crippen LogP contribution in [0.2, 0.25) is 0 Å². The first-order chi connectivity index (χ1) is 7.01. The van der Waals surface area contributed by atoms with Gasteiger partial charge in [0.25, 0.3) is 0 Å². The van der Waals surface area contributed by atoms with Crippen molar-refractivity contribution in [3.63, 3.8) is 0 Å². The van der Waals surface area contributed by atoms with Crippen LogP contribution in [0.5, 0.6) is 0 Å². The Hall–Kier alpha value is -1.16. The Morgan fingerprint density at radius 3 is 2.33 bits per heavy atom. The van der Waals surface area contributed by atoms with Gasteiger partial charge in [-0.15, -0.1) is 0 Å². The van der Waals surface area contributed by atoms with E-state index in [4.69, 9.17) is 5.73 Å². The molecule has 1 aliphatic heterocycles. The maximum atomic E-state index is 6.21. The minimum atomic E-state index is -0.0613. The fourth-order valence-electron chi connectivity index (χ4n) is 1.72. The van der Waals surface area contributed by atoms with Crippen molar-refractivity contribution in [1.82, 2.24) is 9.97 Å². The maximum absolute atomic E-state index is 6.21. The van der Waals surface area contributed by atoms with Gasteiger partial charge in [-0.3, -0.25) is 0 Å². The zero-order chi connectivity index (χ0) is 11.1. The van der Waals surface area contributed by atoms with E-state index in [1.54, 1.807) is 0 Å². The zero-order valence-corrected chi connectivity index (χ0v) is 9.57. The van der Waals surface area contributed by atoms with Crippen LogP contribution in [-0.4, -0.2) is 28.6 Å². The van der Waals surface area contributed by atoms with E-state index < -0.39 is 0 Å². The van der Waals surface area contributed by atoms with E-state index in [1.807, 2.05) is 19.3 Å². The lowest BCUT2D eigenvalue weighted by Crippen LogP contribution is -2.70. The summed E-state index contributed by atoms with van der Waals surface area (Å²) < 4.78 is 0. The molecule has 2 rings (SSSR count). The quantitative estimate of drug-likeness (QED) is 0.783. The lowest BCUT2D eigenvalue weighted by molar-refractivity contribution is 0.242. The molecule has 0 radical (unpaired) electrons. The Kier molecular flexibility index (Phi) is 2.38. The number of nitrogens with zero attached hydrogens (tertiary/aromatic N) is 3. The summed E-state index contributed by atoms with van der Waals surface area (Å²) in [5, 5.41) is 0. The van der Waals surface area contributed by atoms with Gasteiger partial charge in [-0.2, -0.15) is 0 Å². The first kappa shape index (κ1) is 10.4. The predicted molar refractivity (Wildman–Crippen MR) is 60.7 cm³/mol.